The Morgan fingerprint density at radius 3 is 2.67 bits per heavy atom. The molecule has 0 saturated heterocycles. The Bertz CT molecular complexity index is 309. The summed E-state index contributed by atoms with van der Waals surface area (Å²) in [6.45, 7) is 1.35. The van der Waals surface area contributed by atoms with E-state index < -0.39 is 5.82 Å². The number of rotatable bonds is 2. The molecule has 0 N–H and O–H groups in total. The highest BCUT2D eigenvalue weighted by molar-refractivity contribution is 9.08. The number of hydrogen-bond donors (Lipinski definition) is 0. The fourth-order valence-corrected chi connectivity index (χ4v) is 1.28. The Balaban J connectivity index is 3.12. The highest BCUT2D eigenvalue weighted by atomic mass is 79.9. The van der Waals surface area contributed by atoms with Crippen molar-refractivity contribution in [2.24, 2.45) is 0 Å². The van der Waals surface area contributed by atoms with Crippen LogP contribution in [0.15, 0.2) is 18.2 Å². The summed E-state index contributed by atoms with van der Waals surface area (Å²) in [5, 5.41) is 0.599. The number of carbonyl (C=O) groups is 1. The fraction of sp³-hybridized carbons (Fsp3) is 0.222. The number of halogens is 2. The standard InChI is InChI=1S/C9H8BrFO/c1-6(12)8-3-2-7(5-10)4-9(8)11/h2-4H,5H2,1H3. The van der Waals surface area contributed by atoms with Crippen molar-refractivity contribution in [3.8, 4) is 0 Å². The average Bonchev–Trinajstić information content (AvgIpc) is 2.03. The minimum Gasteiger partial charge on any atom is -0.294 e. The van der Waals surface area contributed by atoms with E-state index >= 15 is 0 Å². The number of alkyl halides is 1. The minimum atomic E-state index is -0.445. The smallest absolute Gasteiger partial charge is 0.162 e. The van der Waals surface area contributed by atoms with Crippen LogP contribution in [0.4, 0.5) is 4.39 Å². The van der Waals surface area contributed by atoms with Gasteiger partial charge < -0.3 is 0 Å². The third-order valence-electron chi connectivity index (χ3n) is 1.57. The van der Waals surface area contributed by atoms with E-state index in [9.17, 15) is 9.18 Å². The van der Waals surface area contributed by atoms with Crippen molar-refractivity contribution in [1.82, 2.24) is 0 Å². The lowest BCUT2D eigenvalue weighted by Gasteiger charge is -1.99. The summed E-state index contributed by atoms with van der Waals surface area (Å²) in [5.74, 6) is -0.687. The molecule has 0 heterocycles. The number of ketones is 1. The molecular formula is C9H8BrFO. The Morgan fingerprint density at radius 2 is 2.25 bits per heavy atom. The van der Waals surface area contributed by atoms with Gasteiger partial charge in [-0.15, -0.1) is 0 Å². The predicted octanol–water partition coefficient (Wildman–Crippen LogP) is 2.92. The van der Waals surface area contributed by atoms with E-state index in [1.54, 1.807) is 6.07 Å². The molecule has 1 nitrogen and oxygen atoms in total. The van der Waals surface area contributed by atoms with E-state index in [4.69, 9.17) is 0 Å². The van der Waals surface area contributed by atoms with Crippen LogP contribution in [-0.4, -0.2) is 5.78 Å². The van der Waals surface area contributed by atoms with Crippen LogP contribution in [0.2, 0.25) is 0 Å². The van der Waals surface area contributed by atoms with E-state index in [0.29, 0.717) is 5.33 Å². The Labute approximate surface area is 78.7 Å². The molecule has 0 aliphatic carbocycles. The first-order valence-electron chi connectivity index (χ1n) is 3.50. The van der Waals surface area contributed by atoms with Gasteiger partial charge >= 0.3 is 0 Å². The van der Waals surface area contributed by atoms with Crippen LogP contribution in [0.1, 0.15) is 22.8 Å². The summed E-state index contributed by atoms with van der Waals surface area (Å²) >= 11 is 3.20. The van der Waals surface area contributed by atoms with Gasteiger partial charge in [-0.05, 0) is 24.6 Å². The molecule has 0 bridgehead atoms. The predicted molar refractivity (Wildman–Crippen MR) is 49.0 cm³/mol. The molecule has 0 atom stereocenters. The van der Waals surface area contributed by atoms with Crippen LogP contribution in [0.25, 0.3) is 0 Å². The summed E-state index contributed by atoms with van der Waals surface area (Å²) in [5.41, 5.74) is 0.984. The minimum absolute atomic E-state index is 0.153. The zero-order chi connectivity index (χ0) is 9.14. The molecule has 0 unspecified atom stereocenters. The zero-order valence-electron chi connectivity index (χ0n) is 6.60. The highest BCUT2D eigenvalue weighted by Gasteiger charge is 2.06. The number of hydrogen-bond acceptors (Lipinski definition) is 1. The Hall–Kier alpha value is -0.700. The van der Waals surface area contributed by atoms with Gasteiger partial charge in [0.2, 0.25) is 0 Å². The van der Waals surface area contributed by atoms with E-state index in [0.717, 1.165) is 5.56 Å². The fourth-order valence-electron chi connectivity index (χ4n) is 0.927. The van der Waals surface area contributed by atoms with Crippen LogP contribution in [-0.2, 0) is 5.33 Å². The molecule has 1 aromatic carbocycles. The summed E-state index contributed by atoms with van der Waals surface area (Å²) in [6, 6.07) is 4.61. The van der Waals surface area contributed by atoms with Crippen molar-refractivity contribution >= 4 is 21.7 Å². The van der Waals surface area contributed by atoms with Gasteiger partial charge in [-0.2, -0.15) is 0 Å². The summed E-state index contributed by atoms with van der Waals surface area (Å²) in [4.78, 5) is 10.8. The molecule has 0 saturated carbocycles. The van der Waals surface area contributed by atoms with Gasteiger partial charge in [-0.1, -0.05) is 22.0 Å². The lowest BCUT2D eigenvalue weighted by Crippen LogP contribution is -1.97. The third-order valence-corrected chi connectivity index (χ3v) is 2.21. The molecule has 12 heavy (non-hydrogen) atoms. The molecule has 3 heteroatoms. The third kappa shape index (κ3) is 1.91. The first-order valence-corrected chi connectivity index (χ1v) is 4.62. The maximum atomic E-state index is 13.0. The van der Waals surface area contributed by atoms with Gasteiger partial charge in [-0.25, -0.2) is 4.39 Å². The van der Waals surface area contributed by atoms with E-state index in [2.05, 4.69) is 15.9 Å². The molecule has 1 rings (SSSR count). The molecule has 0 radical (unpaired) electrons. The van der Waals surface area contributed by atoms with Crippen LogP contribution in [0, 0.1) is 5.82 Å². The largest absolute Gasteiger partial charge is 0.294 e. The van der Waals surface area contributed by atoms with Crippen LogP contribution < -0.4 is 0 Å². The van der Waals surface area contributed by atoms with Crippen LogP contribution in [0.5, 0.6) is 0 Å². The van der Waals surface area contributed by atoms with Crippen molar-refractivity contribution in [3.05, 3.63) is 35.1 Å². The van der Waals surface area contributed by atoms with Gasteiger partial charge in [-0.3, -0.25) is 4.79 Å². The summed E-state index contributed by atoms with van der Waals surface area (Å²) in [6.07, 6.45) is 0. The highest BCUT2D eigenvalue weighted by Crippen LogP contribution is 2.13. The molecule has 0 spiro atoms. The van der Waals surface area contributed by atoms with Crippen molar-refractivity contribution in [1.29, 1.82) is 0 Å². The van der Waals surface area contributed by atoms with Gasteiger partial charge in [0, 0.05) is 5.33 Å². The van der Waals surface area contributed by atoms with Crippen LogP contribution >= 0.6 is 15.9 Å². The maximum Gasteiger partial charge on any atom is 0.162 e. The normalized spacial score (nSPS) is 9.92. The van der Waals surface area contributed by atoms with Crippen molar-refractivity contribution in [2.45, 2.75) is 12.3 Å². The first kappa shape index (κ1) is 9.39. The molecule has 0 aromatic heterocycles. The summed E-state index contributed by atoms with van der Waals surface area (Å²) < 4.78 is 13.0. The number of carbonyl (C=O) groups excluding carboxylic acids is 1. The monoisotopic (exact) mass is 230 g/mol. The molecule has 1 aromatic rings. The van der Waals surface area contributed by atoms with Crippen molar-refractivity contribution < 1.29 is 9.18 Å². The molecule has 0 aliphatic rings. The lowest BCUT2D eigenvalue weighted by molar-refractivity contribution is 0.101. The van der Waals surface area contributed by atoms with E-state index in [1.807, 2.05) is 0 Å². The summed E-state index contributed by atoms with van der Waals surface area (Å²) in [7, 11) is 0. The first-order chi connectivity index (χ1) is 5.65. The van der Waals surface area contributed by atoms with Gasteiger partial charge in [0.15, 0.2) is 5.78 Å². The Kier molecular flexibility index (Phi) is 2.98. The second kappa shape index (κ2) is 3.81. The average molecular weight is 231 g/mol. The second-order valence-corrected chi connectivity index (χ2v) is 3.06. The molecular weight excluding hydrogens is 223 g/mol. The van der Waals surface area contributed by atoms with Gasteiger partial charge in [0.05, 0.1) is 5.56 Å². The molecule has 0 aliphatic heterocycles. The number of benzene rings is 1. The lowest BCUT2D eigenvalue weighted by atomic mass is 10.1. The van der Waals surface area contributed by atoms with Gasteiger partial charge in [0.1, 0.15) is 5.82 Å². The molecule has 0 amide bonds. The zero-order valence-corrected chi connectivity index (χ0v) is 8.19. The molecule has 64 valence electrons. The quantitative estimate of drug-likeness (QED) is 0.564. The Morgan fingerprint density at radius 1 is 1.58 bits per heavy atom. The SMILES string of the molecule is CC(=O)c1ccc(CBr)cc1F. The second-order valence-electron chi connectivity index (χ2n) is 2.50. The van der Waals surface area contributed by atoms with E-state index in [1.165, 1.54) is 19.1 Å². The van der Waals surface area contributed by atoms with Crippen LogP contribution in [0.3, 0.4) is 0 Å². The number of Topliss-reactive ketones (excluding diaryl/α,β-unsaturated/α-hetero) is 1. The van der Waals surface area contributed by atoms with Crippen molar-refractivity contribution in [3.63, 3.8) is 0 Å². The van der Waals surface area contributed by atoms with Gasteiger partial charge in [0.25, 0.3) is 0 Å². The topological polar surface area (TPSA) is 17.1 Å². The molecule has 0 fully saturated rings. The van der Waals surface area contributed by atoms with E-state index in [-0.39, 0.29) is 11.3 Å². The van der Waals surface area contributed by atoms with Crippen molar-refractivity contribution in [2.75, 3.05) is 0 Å². The maximum absolute atomic E-state index is 13.0.